The van der Waals surface area contributed by atoms with E-state index in [0.29, 0.717) is 11.5 Å². The highest BCUT2D eigenvalue weighted by atomic mass is 16.5. The first kappa shape index (κ1) is 17.6. The standard InChI is InChI=1S/C21H22O3/c1-5-16(3)21(22)24-19-12-11-18(20(14-19)23-4)10-9-17-8-6-7-15(2)13-17/h6-8,11-14,16H,5H2,1-4H3. The van der Waals surface area contributed by atoms with Crippen LogP contribution in [0.15, 0.2) is 42.5 Å². The fraction of sp³-hybridized carbons (Fsp3) is 0.286. The quantitative estimate of drug-likeness (QED) is 0.477. The van der Waals surface area contributed by atoms with Crippen LogP contribution in [0.25, 0.3) is 0 Å². The van der Waals surface area contributed by atoms with Gasteiger partial charge in [0.25, 0.3) is 0 Å². The second-order valence-electron chi connectivity index (χ2n) is 5.71. The summed E-state index contributed by atoms with van der Waals surface area (Å²) in [4.78, 5) is 11.9. The Morgan fingerprint density at radius 3 is 2.62 bits per heavy atom. The number of benzene rings is 2. The number of rotatable bonds is 4. The Bertz CT molecular complexity index is 781. The highest BCUT2D eigenvalue weighted by Gasteiger charge is 2.14. The van der Waals surface area contributed by atoms with Crippen molar-refractivity contribution in [3.63, 3.8) is 0 Å². The first-order valence-corrected chi connectivity index (χ1v) is 8.02. The molecule has 0 aliphatic carbocycles. The molecule has 0 saturated heterocycles. The van der Waals surface area contributed by atoms with Crippen LogP contribution in [0.2, 0.25) is 0 Å². The molecular formula is C21H22O3. The lowest BCUT2D eigenvalue weighted by molar-refractivity contribution is -0.138. The average molecular weight is 322 g/mol. The molecule has 0 saturated carbocycles. The van der Waals surface area contributed by atoms with Gasteiger partial charge in [-0.1, -0.05) is 37.8 Å². The van der Waals surface area contributed by atoms with Gasteiger partial charge in [-0.3, -0.25) is 4.79 Å². The van der Waals surface area contributed by atoms with Gasteiger partial charge in [-0.15, -0.1) is 0 Å². The minimum absolute atomic E-state index is 0.128. The number of hydrogen-bond donors (Lipinski definition) is 0. The predicted octanol–water partition coefficient (Wildman–Crippen LogP) is 4.35. The van der Waals surface area contributed by atoms with Crippen molar-refractivity contribution in [2.24, 2.45) is 5.92 Å². The molecule has 1 unspecified atom stereocenters. The zero-order valence-corrected chi connectivity index (χ0v) is 14.6. The monoisotopic (exact) mass is 322 g/mol. The molecular weight excluding hydrogens is 300 g/mol. The Hall–Kier alpha value is -2.73. The third-order valence-electron chi connectivity index (χ3n) is 3.77. The highest BCUT2D eigenvalue weighted by molar-refractivity contribution is 5.75. The van der Waals surface area contributed by atoms with E-state index in [9.17, 15) is 4.79 Å². The molecule has 2 aromatic rings. The average Bonchev–Trinajstić information content (AvgIpc) is 2.59. The normalized spacial score (nSPS) is 11.2. The molecule has 3 heteroatoms. The lowest BCUT2D eigenvalue weighted by Gasteiger charge is -2.10. The lowest BCUT2D eigenvalue weighted by atomic mass is 10.1. The molecule has 0 fully saturated rings. The summed E-state index contributed by atoms with van der Waals surface area (Å²) in [7, 11) is 1.58. The van der Waals surface area contributed by atoms with Gasteiger partial charge in [0, 0.05) is 11.6 Å². The molecule has 0 aliphatic rings. The van der Waals surface area contributed by atoms with Crippen LogP contribution in [-0.2, 0) is 4.79 Å². The van der Waals surface area contributed by atoms with Gasteiger partial charge in [-0.05, 0) is 43.2 Å². The van der Waals surface area contributed by atoms with Crippen molar-refractivity contribution in [3.05, 3.63) is 59.2 Å². The third-order valence-corrected chi connectivity index (χ3v) is 3.77. The maximum atomic E-state index is 11.9. The summed E-state index contributed by atoms with van der Waals surface area (Å²) in [6.07, 6.45) is 0.746. The second kappa shape index (κ2) is 8.21. The number of methoxy groups -OCH3 is 1. The molecule has 2 aromatic carbocycles. The van der Waals surface area contributed by atoms with Gasteiger partial charge in [-0.25, -0.2) is 0 Å². The first-order chi connectivity index (χ1) is 11.5. The summed E-state index contributed by atoms with van der Waals surface area (Å²) in [6.45, 7) is 5.84. The van der Waals surface area contributed by atoms with E-state index in [0.717, 1.165) is 17.5 Å². The molecule has 1 atom stereocenters. The van der Waals surface area contributed by atoms with Gasteiger partial charge in [0.15, 0.2) is 0 Å². The maximum absolute atomic E-state index is 11.9. The van der Waals surface area contributed by atoms with E-state index in [1.807, 2.05) is 45.0 Å². The van der Waals surface area contributed by atoms with Crippen LogP contribution in [0.4, 0.5) is 0 Å². The number of carbonyl (C=O) groups is 1. The van der Waals surface area contributed by atoms with E-state index < -0.39 is 0 Å². The molecule has 124 valence electrons. The summed E-state index contributed by atoms with van der Waals surface area (Å²) >= 11 is 0. The number of aryl methyl sites for hydroxylation is 1. The van der Waals surface area contributed by atoms with E-state index >= 15 is 0 Å². The largest absolute Gasteiger partial charge is 0.495 e. The molecule has 0 amide bonds. The van der Waals surface area contributed by atoms with Crippen molar-refractivity contribution in [3.8, 4) is 23.3 Å². The minimum Gasteiger partial charge on any atom is -0.495 e. The molecule has 2 rings (SSSR count). The van der Waals surface area contributed by atoms with Crippen LogP contribution in [0.5, 0.6) is 11.5 Å². The SMILES string of the molecule is CCC(C)C(=O)Oc1ccc(C#Cc2cccc(C)c2)c(OC)c1. The molecule has 0 bridgehead atoms. The van der Waals surface area contributed by atoms with Crippen LogP contribution in [0.3, 0.4) is 0 Å². The van der Waals surface area contributed by atoms with Gasteiger partial charge < -0.3 is 9.47 Å². The molecule has 0 N–H and O–H groups in total. The Kier molecular flexibility index (Phi) is 6.03. The van der Waals surface area contributed by atoms with Crippen LogP contribution >= 0.6 is 0 Å². The van der Waals surface area contributed by atoms with Crippen molar-refractivity contribution < 1.29 is 14.3 Å². The van der Waals surface area contributed by atoms with Crippen molar-refractivity contribution in [2.75, 3.05) is 7.11 Å². The Labute approximate surface area is 143 Å². The van der Waals surface area contributed by atoms with Gasteiger partial charge in [0.1, 0.15) is 11.5 Å². The van der Waals surface area contributed by atoms with Gasteiger partial charge in [-0.2, -0.15) is 0 Å². The Morgan fingerprint density at radius 2 is 1.96 bits per heavy atom. The van der Waals surface area contributed by atoms with Gasteiger partial charge in [0.2, 0.25) is 0 Å². The van der Waals surface area contributed by atoms with Crippen LogP contribution in [0, 0.1) is 24.7 Å². The summed E-state index contributed by atoms with van der Waals surface area (Å²) in [5, 5.41) is 0. The zero-order valence-electron chi connectivity index (χ0n) is 14.6. The fourth-order valence-corrected chi connectivity index (χ4v) is 2.08. The van der Waals surface area contributed by atoms with E-state index in [-0.39, 0.29) is 11.9 Å². The zero-order chi connectivity index (χ0) is 17.5. The van der Waals surface area contributed by atoms with Crippen molar-refractivity contribution in [1.29, 1.82) is 0 Å². The molecule has 0 aromatic heterocycles. The summed E-state index contributed by atoms with van der Waals surface area (Å²) in [5.74, 6) is 6.93. The van der Waals surface area contributed by atoms with E-state index in [1.165, 1.54) is 5.56 Å². The predicted molar refractivity (Wildman–Crippen MR) is 95.2 cm³/mol. The van der Waals surface area contributed by atoms with Crippen LogP contribution in [0.1, 0.15) is 37.0 Å². The molecule has 24 heavy (non-hydrogen) atoms. The second-order valence-corrected chi connectivity index (χ2v) is 5.71. The molecule has 0 heterocycles. The van der Waals surface area contributed by atoms with Crippen LogP contribution in [-0.4, -0.2) is 13.1 Å². The summed E-state index contributed by atoms with van der Waals surface area (Å²) in [5.41, 5.74) is 2.87. The maximum Gasteiger partial charge on any atom is 0.314 e. The fourth-order valence-electron chi connectivity index (χ4n) is 2.08. The number of carbonyl (C=O) groups excluding carboxylic acids is 1. The number of hydrogen-bond acceptors (Lipinski definition) is 3. The highest BCUT2D eigenvalue weighted by Crippen LogP contribution is 2.25. The lowest BCUT2D eigenvalue weighted by Crippen LogP contribution is -2.16. The minimum atomic E-state index is -0.238. The van der Waals surface area contributed by atoms with E-state index in [2.05, 4.69) is 11.8 Å². The van der Waals surface area contributed by atoms with Gasteiger partial charge >= 0.3 is 5.97 Å². The summed E-state index contributed by atoms with van der Waals surface area (Å²) in [6, 6.07) is 13.3. The van der Waals surface area contributed by atoms with Crippen molar-refractivity contribution in [1.82, 2.24) is 0 Å². The molecule has 0 spiro atoms. The van der Waals surface area contributed by atoms with Crippen molar-refractivity contribution >= 4 is 5.97 Å². The molecule has 0 aliphatic heterocycles. The summed E-state index contributed by atoms with van der Waals surface area (Å²) < 4.78 is 10.7. The van der Waals surface area contributed by atoms with Crippen molar-refractivity contribution in [2.45, 2.75) is 27.2 Å². The third kappa shape index (κ3) is 4.63. The van der Waals surface area contributed by atoms with Gasteiger partial charge in [0.05, 0.1) is 18.6 Å². The Morgan fingerprint density at radius 1 is 1.17 bits per heavy atom. The first-order valence-electron chi connectivity index (χ1n) is 8.02. The van der Waals surface area contributed by atoms with E-state index in [1.54, 1.807) is 25.3 Å². The number of ether oxygens (including phenoxy) is 2. The van der Waals surface area contributed by atoms with E-state index in [4.69, 9.17) is 9.47 Å². The Balaban J connectivity index is 2.22. The molecule has 3 nitrogen and oxygen atoms in total. The van der Waals surface area contributed by atoms with Crippen LogP contribution < -0.4 is 9.47 Å². The smallest absolute Gasteiger partial charge is 0.314 e. The molecule has 0 radical (unpaired) electrons. The topological polar surface area (TPSA) is 35.5 Å². The number of esters is 1.